The second-order valence-electron chi connectivity index (χ2n) is 3.42. The van der Waals surface area contributed by atoms with Crippen molar-refractivity contribution >= 4 is 39.2 Å². The molecule has 1 rings (SSSR count). The van der Waals surface area contributed by atoms with Gasteiger partial charge in [0, 0.05) is 6.54 Å². The van der Waals surface area contributed by atoms with E-state index in [0.29, 0.717) is 0 Å². The first-order chi connectivity index (χ1) is 8.43. The quantitative estimate of drug-likeness (QED) is 0.629. The zero-order chi connectivity index (χ0) is 13.7. The Bertz CT molecular complexity index is 447. The number of hydrogen-bond acceptors (Lipinski definition) is 3. The van der Waals surface area contributed by atoms with Crippen LogP contribution < -0.4 is 10.6 Å². The van der Waals surface area contributed by atoms with Crippen LogP contribution in [-0.4, -0.2) is 35.5 Å². The highest BCUT2D eigenvalue weighted by Gasteiger charge is 2.10. The van der Waals surface area contributed by atoms with Gasteiger partial charge in [0.25, 0.3) is 0 Å². The Hall–Kier alpha value is -0.890. The average molecular weight is 342 g/mol. The molecule has 1 aromatic carbocycles. The van der Waals surface area contributed by atoms with Crippen molar-refractivity contribution in [3.05, 3.63) is 27.4 Å². The molecule has 18 heavy (non-hydrogen) atoms. The molecule has 0 spiro atoms. The summed E-state index contributed by atoms with van der Waals surface area (Å²) >= 11 is 8.71. The van der Waals surface area contributed by atoms with Gasteiger partial charge in [0.15, 0.2) is 0 Å². The van der Waals surface area contributed by atoms with Gasteiger partial charge in [-0.2, -0.15) is 0 Å². The Morgan fingerprint density at radius 3 is 2.83 bits per heavy atom. The number of aliphatic hydroxyl groups is 2. The number of rotatable bonds is 4. The molecule has 1 unspecified atom stereocenters. The van der Waals surface area contributed by atoms with Gasteiger partial charge in [-0.3, -0.25) is 0 Å². The summed E-state index contributed by atoms with van der Waals surface area (Å²) in [6.07, 6.45) is -1.04. The predicted octanol–water partition coefficient (Wildman–Crippen LogP) is 1.72. The number of nitrogens with one attached hydrogen (secondary N) is 2. The molecule has 100 valence electrons. The Morgan fingerprint density at radius 2 is 2.22 bits per heavy atom. The molecule has 1 aromatic rings. The Labute approximate surface area is 116 Å². The van der Waals surface area contributed by atoms with Crippen molar-refractivity contribution in [1.82, 2.24) is 5.32 Å². The largest absolute Gasteiger partial charge is 0.394 e. The van der Waals surface area contributed by atoms with E-state index >= 15 is 0 Å². The molecule has 0 saturated carbocycles. The van der Waals surface area contributed by atoms with Gasteiger partial charge in [0.1, 0.15) is 5.82 Å². The Kier molecular flexibility index (Phi) is 5.80. The Morgan fingerprint density at radius 1 is 1.56 bits per heavy atom. The zero-order valence-electron chi connectivity index (χ0n) is 9.08. The number of aliphatic hydroxyl groups excluding tert-OH is 2. The summed E-state index contributed by atoms with van der Waals surface area (Å²) in [5.41, 5.74) is 0.223. The Balaban J connectivity index is 2.62. The zero-order valence-corrected chi connectivity index (χ0v) is 11.4. The van der Waals surface area contributed by atoms with Gasteiger partial charge in [-0.15, -0.1) is 0 Å². The van der Waals surface area contributed by atoms with Crippen LogP contribution in [0, 0.1) is 5.82 Å². The molecule has 0 saturated heterocycles. The fourth-order valence-corrected chi connectivity index (χ4v) is 1.60. The number of carbonyl (C=O) groups is 1. The normalized spacial score (nSPS) is 12.1. The first kappa shape index (κ1) is 15.2. The van der Waals surface area contributed by atoms with E-state index in [4.69, 9.17) is 21.8 Å². The summed E-state index contributed by atoms with van der Waals surface area (Å²) in [6.45, 7) is -0.564. The van der Waals surface area contributed by atoms with E-state index < -0.39 is 24.6 Å². The number of hydrogen-bond donors (Lipinski definition) is 4. The lowest BCUT2D eigenvalue weighted by atomic mass is 10.3. The van der Waals surface area contributed by atoms with E-state index in [2.05, 4.69) is 26.6 Å². The van der Waals surface area contributed by atoms with Crippen molar-refractivity contribution in [2.75, 3.05) is 18.5 Å². The fraction of sp³-hybridized carbons (Fsp3) is 0.300. The maximum atomic E-state index is 13.1. The van der Waals surface area contributed by atoms with Crippen LogP contribution in [-0.2, 0) is 0 Å². The molecule has 4 N–H and O–H groups in total. The van der Waals surface area contributed by atoms with Crippen molar-refractivity contribution < 1.29 is 19.4 Å². The van der Waals surface area contributed by atoms with E-state index in [0.717, 1.165) is 6.07 Å². The van der Waals surface area contributed by atoms with Crippen LogP contribution in [0.3, 0.4) is 0 Å². The molecule has 0 fully saturated rings. The minimum absolute atomic E-state index is 0.0496. The second kappa shape index (κ2) is 6.89. The van der Waals surface area contributed by atoms with Crippen LogP contribution in [0.2, 0.25) is 5.02 Å². The highest BCUT2D eigenvalue weighted by molar-refractivity contribution is 9.10. The smallest absolute Gasteiger partial charge is 0.319 e. The lowest BCUT2D eigenvalue weighted by Crippen LogP contribution is -2.36. The van der Waals surface area contributed by atoms with Crippen LogP contribution in [0.5, 0.6) is 0 Å². The second-order valence-corrected chi connectivity index (χ2v) is 4.68. The van der Waals surface area contributed by atoms with Crippen molar-refractivity contribution in [2.24, 2.45) is 0 Å². The third kappa shape index (κ3) is 4.41. The summed E-state index contributed by atoms with van der Waals surface area (Å²) in [5.74, 6) is -0.540. The molecular weight excluding hydrogens is 330 g/mol. The van der Waals surface area contributed by atoms with Crippen molar-refractivity contribution in [3.63, 3.8) is 0 Å². The number of benzene rings is 1. The van der Waals surface area contributed by atoms with E-state index in [1.54, 1.807) is 0 Å². The van der Waals surface area contributed by atoms with Gasteiger partial charge in [0.05, 0.1) is 27.9 Å². The van der Waals surface area contributed by atoms with Crippen LogP contribution in [0.4, 0.5) is 14.9 Å². The summed E-state index contributed by atoms with van der Waals surface area (Å²) in [7, 11) is 0. The molecular formula is C10H11BrClFN2O3. The maximum absolute atomic E-state index is 13.1. The third-order valence-corrected chi connectivity index (χ3v) is 2.89. The van der Waals surface area contributed by atoms with Gasteiger partial charge in [0.2, 0.25) is 0 Å². The molecule has 0 aliphatic rings. The molecule has 8 heteroatoms. The van der Waals surface area contributed by atoms with Crippen LogP contribution >= 0.6 is 27.5 Å². The van der Waals surface area contributed by atoms with E-state index in [9.17, 15) is 9.18 Å². The van der Waals surface area contributed by atoms with E-state index in [-0.39, 0.29) is 21.7 Å². The summed E-state index contributed by atoms with van der Waals surface area (Å²) in [5, 5.41) is 22.3. The fourth-order valence-electron chi connectivity index (χ4n) is 1.06. The monoisotopic (exact) mass is 340 g/mol. The molecule has 2 amide bonds. The lowest BCUT2D eigenvalue weighted by molar-refractivity contribution is 0.0965. The number of carbonyl (C=O) groups excluding carboxylic acids is 1. The third-order valence-electron chi connectivity index (χ3n) is 1.97. The highest BCUT2D eigenvalue weighted by atomic mass is 79.9. The first-order valence-electron chi connectivity index (χ1n) is 4.92. The molecule has 1 atom stereocenters. The number of anilines is 1. The van der Waals surface area contributed by atoms with Crippen molar-refractivity contribution in [3.8, 4) is 0 Å². The van der Waals surface area contributed by atoms with E-state index in [1.165, 1.54) is 6.07 Å². The molecule has 0 radical (unpaired) electrons. The van der Waals surface area contributed by atoms with Gasteiger partial charge in [-0.05, 0) is 28.1 Å². The first-order valence-corrected chi connectivity index (χ1v) is 6.09. The van der Waals surface area contributed by atoms with Gasteiger partial charge >= 0.3 is 6.03 Å². The minimum atomic E-state index is -1.04. The summed E-state index contributed by atoms with van der Waals surface area (Å²) in [4.78, 5) is 11.4. The topological polar surface area (TPSA) is 81.6 Å². The predicted molar refractivity (Wildman–Crippen MR) is 69.2 cm³/mol. The van der Waals surface area contributed by atoms with Gasteiger partial charge < -0.3 is 20.8 Å². The highest BCUT2D eigenvalue weighted by Crippen LogP contribution is 2.28. The lowest BCUT2D eigenvalue weighted by Gasteiger charge is -2.11. The summed E-state index contributed by atoms with van der Waals surface area (Å²) < 4.78 is 13.2. The van der Waals surface area contributed by atoms with Crippen LogP contribution in [0.25, 0.3) is 0 Å². The van der Waals surface area contributed by atoms with Crippen LogP contribution in [0.15, 0.2) is 16.6 Å². The molecule has 0 aliphatic carbocycles. The molecule has 5 nitrogen and oxygen atoms in total. The van der Waals surface area contributed by atoms with Crippen LogP contribution in [0.1, 0.15) is 0 Å². The van der Waals surface area contributed by atoms with Gasteiger partial charge in [-0.1, -0.05) is 11.6 Å². The molecule has 0 bridgehead atoms. The SMILES string of the molecule is O=C(NCC(O)CO)Nc1cc(Br)c(F)cc1Cl. The number of amides is 2. The number of halogens is 3. The molecule has 0 heterocycles. The number of urea groups is 1. The molecule has 0 aromatic heterocycles. The van der Waals surface area contributed by atoms with Gasteiger partial charge in [-0.25, -0.2) is 9.18 Å². The van der Waals surface area contributed by atoms with E-state index in [1.807, 2.05) is 0 Å². The summed E-state index contributed by atoms with van der Waals surface area (Å²) in [6, 6.07) is 1.76. The maximum Gasteiger partial charge on any atom is 0.319 e. The van der Waals surface area contributed by atoms with Crippen molar-refractivity contribution in [2.45, 2.75) is 6.10 Å². The van der Waals surface area contributed by atoms with Crippen molar-refractivity contribution in [1.29, 1.82) is 0 Å². The average Bonchev–Trinajstić information content (AvgIpc) is 2.33. The molecule has 0 aliphatic heterocycles. The standard InChI is InChI=1S/C10H11BrClFN2O3/c11-6-1-9(7(12)2-8(6)13)15-10(18)14-3-5(17)4-16/h1-2,5,16-17H,3-4H2,(H2,14,15,18). The minimum Gasteiger partial charge on any atom is -0.394 e.